The van der Waals surface area contributed by atoms with Crippen LogP contribution in [-0.4, -0.2) is 82.3 Å². The van der Waals surface area contributed by atoms with Gasteiger partial charge in [0.15, 0.2) is 0 Å². The number of rotatable bonds is 12. The number of hydrogen-bond donors (Lipinski definition) is 5. The van der Waals surface area contributed by atoms with Crippen molar-refractivity contribution in [3.63, 3.8) is 0 Å². The largest absolute Gasteiger partial charge is 0.480 e. The maximum atomic E-state index is 13.6. The van der Waals surface area contributed by atoms with Gasteiger partial charge >= 0.3 is 5.97 Å². The van der Waals surface area contributed by atoms with E-state index in [2.05, 4.69) is 0 Å². The fourth-order valence-corrected chi connectivity index (χ4v) is 3.14. The summed E-state index contributed by atoms with van der Waals surface area (Å²) in [5.74, 6) is -5.59. The second-order valence-electron chi connectivity index (χ2n) is 7.47. The molecule has 0 saturated carbocycles. The van der Waals surface area contributed by atoms with E-state index in [1.54, 1.807) is 12.1 Å². The summed E-state index contributed by atoms with van der Waals surface area (Å²) in [6.45, 7) is -1.73. The summed E-state index contributed by atoms with van der Waals surface area (Å²) in [5, 5.41) is 9.62. The van der Waals surface area contributed by atoms with E-state index >= 15 is 0 Å². The van der Waals surface area contributed by atoms with Crippen LogP contribution < -0.4 is 22.9 Å². The van der Waals surface area contributed by atoms with Crippen LogP contribution in [-0.2, 0) is 24.0 Å². The van der Waals surface area contributed by atoms with Crippen LogP contribution in [0.2, 0.25) is 0 Å². The molecule has 0 bridgehead atoms. The Morgan fingerprint density at radius 2 is 1.24 bits per heavy atom. The van der Waals surface area contributed by atoms with E-state index in [1.807, 2.05) is 0 Å². The first-order valence-corrected chi connectivity index (χ1v) is 10.9. The number of amides is 4. The van der Waals surface area contributed by atoms with Crippen molar-refractivity contribution in [2.75, 3.05) is 19.6 Å². The van der Waals surface area contributed by atoms with E-state index in [4.69, 9.17) is 31.8 Å². The van der Waals surface area contributed by atoms with Gasteiger partial charge in [0.05, 0.1) is 18.6 Å². The molecule has 3 atom stereocenters. The monoisotopic (exact) mass is 516 g/mol. The van der Waals surface area contributed by atoms with Crippen LogP contribution in [0.25, 0.3) is 12.2 Å². The molecule has 2 rings (SSSR count). The highest BCUT2D eigenvalue weighted by Gasteiger charge is 2.42. The van der Waals surface area contributed by atoms with Crippen LogP contribution in [0.15, 0.2) is 57.8 Å². The molecule has 2 aromatic rings. The van der Waals surface area contributed by atoms with Crippen molar-refractivity contribution in [2.45, 2.75) is 18.1 Å². The van der Waals surface area contributed by atoms with Crippen molar-refractivity contribution < 1.29 is 37.9 Å². The summed E-state index contributed by atoms with van der Waals surface area (Å²) in [6, 6.07) is 1.06. The first-order chi connectivity index (χ1) is 17.7. The lowest BCUT2D eigenvalue weighted by Gasteiger charge is -2.34. The number of nitrogens with zero attached hydrogens (tertiary/aromatic N) is 2. The van der Waals surface area contributed by atoms with E-state index in [1.165, 1.54) is 36.8 Å². The molecule has 0 radical (unpaired) electrons. The predicted octanol–water partition coefficient (Wildman–Crippen LogP) is -1.67. The predicted molar refractivity (Wildman–Crippen MR) is 130 cm³/mol. The third-order valence-electron chi connectivity index (χ3n) is 5.03. The van der Waals surface area contributed by atoms with Gasteiger partial charge in [-0.05, 0) is 36.4 Å². The molecule has 14 heteroatoms. The molecule has 198 valence electrons. The number of nitrogens with two attached hydrogens (primary N) is 4. The second-order valence-corrected chi connectivity index (χ2v) is 7.47. The number of imide groups is 2. The van der Waals surface area contributed by atoms with Crippen LogP contribution in [0.5, 0.6) is 0 Å². The lowest BCUT2D eigenvalue weighted by atomic mass is 10.1. The molecule has 4 amide bonds. The standard InChI is InChI=1S/C23H28N6O8/c24-11-16(27)21(32)28(19(30)7-5-14-3-1-9-36-14)17(12-25)22(33)29(18(13-26)23(34)35)20(31)8-6-15-4-2-10-37-15/h1-10,16-18H,11-13,24-27H2,(H,34,35)/t16-,17-,18-/m0/s1. The first-order valence-electron chi connectivity index (χ1n) is 10.9. The van der Waals surface area contributed by atoms with E-state index < -0.39 is 60.8 Å². The average molecular weight is 517 g/mol. The Labute approximate surface area is 211 Å². The topological polar surface area (TPSA) is 242 Å². The molecule has 2 aromatic heterocycles. The summed E-state index contributed by atoms with van der Waals surface area (Å²) >= 11 is 0. The number of carboxylic acids is 1. The van der Waals surface area contributed by atoms with Gasteiger partial charge in [-0.2, -0.15) is 0 Å². The molecule has 0 aliphatic rings. The minimum Gasteiger partial charge on any atom is -0.480 e. The van der Waals surface area contributed by atoms with Gasteiger partial charge in [0.25, 0.3) is 17.7 Å². The molecule has 0 fully saturated rings. The van der Waals surface area contributed by atoms with Crippen LogP contribution >= 0.6 is 0 Å². The third kappa shape index (κ3) is 7.31. The number of hydrogen-bond acceptors (Lipinski definition) is 11. The van der Waals surface area contributed by atoms with Crippen molar-refractivity contribution in [3.05, 3.63) is 60.5 Å². The lowest BCUT2D eigenvalue weighted by molar-refractivity contribution is -0.161. The molecule has 0 unspecified atom stereocenters. The normalized spacial score (nSPS) is 13.8. The Bertz CT molecular complexity index is 1140. The first kappa shape index (κ1) is 28.9. The van der Waals surface area contributed by atoms with Crippen LogP contribution in [0.3, 0.4) is 0 Å². The molecule has 0 aliphatic carbocycles. The van der Waals surface area contributed by atoms with Crippen molar-refractivity contribution in [2.24, 2.45) is 22.9 Å². The zero-order chi connectivity index (χ0) is 27.5. The summed E-state index contributed by atoms with van der Waals surface area (Å²) in [4.78, 5) is 65.2. The molecule has 14 nitrogen and oxygen atoms in total. The van der Waals surface area contributed by atoms with Crippen molar-refractivity contribution in [1.82, 2.24) is 9.80 Å². The molecular formula is C23H28N6O8. The summed E-state index contributed by atoms with van der Waals surface area (Å²) in [7, 11) is 0. The number of carbonyl (C=O) groups excluding carboxylic acids is 4. The van der Waals surface area contributed by atoms with Gasteiger partial charge in [-0.1, -0.05) is 0 Å². The number of carbonyl (C=O) groups is 5. The zero-order valence-corrected chi connectivity index (χ0v) is 19.6. The Kier molecular flexibility index (Phi) is 10.6. The van der Waals surface area contributed by atoms with E-state index in [0.717, 1.165) is 12.2 Å². The van der Waals surface area contributed by atoms with Crippen molar-refractivity contribution in [1.29, 1.82) is 0 Å². The number of carboxylic acid groups (broad SMARTS) is 1. The number of furan rings is 2. The highest BCUT2D eigenvalue weighted by Crippen LogP contribution is 2.14. The third-order valence-corrected chi connectivity index (χ3v) is 5.03. The Morgan fingerprint density at radius 1 is 0.784 bits per heavy atom. The Morgan fingerprint density at radius 3 is 1.59 bits per heavy atom. The van der Waals surface area contributed by atoms with Crippen molar-refractivity contribution >= 4 is 41.8 Å². The molecule has 0 spiro atoms. The van der Waals surface area contributed by atoms with Gasteiger partial charge in [0, 0.05) is 31.8 Å². The smallest absolute Gasteiger partial charge is 0.328 e. The molecular weight excluding hydrogens is 488 g/mol. The molecule has 2 heterocycles. The van der Waals surface area contributed by atoms with Gasteiger partial charge in [0.1, 0.15) is 23.6 Å². The van der Waals surface area contributed by atoms with Gasteiger partial charge in [0.2, 0.25) is 5.91 Å². The fourth-order valence-electron chi connectivity index (χ4n) is 3.14. The maximum absolute atomic E-state index is 13.6. The fraction of sp³-hybridized carbons (Fsp3) is 0.261. The molecule has 0 aliphatic heterocycles. The zero-order valence-electron chi connectivity index (χ0n) is 19.6. The Hall–Kier alpha value is -4.37. The summed E-state index contributed by atoms with van der Waals surface area (Å²) in [6.07, 6.45) is 6.91. The van der Waals surface area contributed by atoms with E-state index in [0.29, 0.717) is 9.80 Å². The van der Waals surface area contributed by atoms with Gasteiger partial charge in [-0.25, -0.2) is 4.79 Å². The quantitative estimate of drug-likeness (QED) is 0.199. The van der Waals surface area contributed by atoms with Crippen molar-refractivity contribution in [3.8, 4) is 0 Å². The molecule has 0 aromatic carbocycles. The van der Waals surface area contributed by atoms with E-state index in [-0.39, 0.29) is 18.1 Å². The Balaban J connectivity index is 2.51. The minimum absolute atomic E-state index is 0.236. The van der Waals surface area contributed by atoms with Crippen LogP contribution in [0.4, 0.5) is 0 Å². The lowest BCUT2D eigenvalue weighted by Crippen LogP contribution is -2.63. The minimum atomic E-state index is -1.84. The van der Waals surface area contributed by atoms with Gasteiger partial charge in [-0.3, -0.25) is 29.0 Å². The highest BCUT2D eigenvalue weighted by molar-refractivity contribution is 6.12. The summed E-state index contributed by atoms with van der Waals surface area (Å²) < 4.78 is 10.2. The van der Waals surface area contributed by atoms with Gasteiger partial charge < -0.3 is 36.9 Å². The molecule has 9 N–H and O–H groups in total. The van der Waals surface area contributed by atoms with Crippen LogP contribution in [0.1, 0.15) is 11.5 Å². The number of aliphatic carboxylic acids is 1. The molecule has 37 heavy (non-hydrogen) atoms. The summed E-state index contributed by atoms with van der Waals surface area (Å²) in [5.41, 5.74) is 22.5. The highest BCUT2D eigenvalue weighted by atomic mass is 16.4. The second kappa shape index (κ2) is 13.6. The van der Waals surface area contributed by atoms with E-state index in [9.17, 15) is 29.1 Å². The molecule has 0 saturated heterocycles. The van der Waals surface area contributed by atoms with Crippen LogP contribution in [0, 0.1) is 0 Å². The average Bonchev–Trinajstić information content (AvgIpc) is 3.60. The van der Waals surface area contributed by atoms with Gasteiger partial charge in [-0.15, -0.1) is 0 Å². The SMILES string of the molecule is NC[C@H](N)C(=O)N(C(=O)C=Cc1ccco1)[C@@H](CN)C(=O)N(C(=O)C=Cc1ccco1)[C@@H](CN)C(=O)O. The maximum Gasteiger partial charge on any atom is 0.328 e.